The van der Waals surface area contributed by atoms with Crippen molar-refractivity contribution in [1.82, 2.24) is 0 Å². The van der Waals surface area contributed by atoms with Crippen molar-refractivity contribution >= 4 is 48.6 Å². The monoisotopic (exact) mass is 659 g/mol. The minimum Gasteiger partial charge on any atom is -0.309 e. The van der Waals surface area contributed by atoms with E-state index in [0.717, 1.165) is 5.69 Å². The third kappa shape index (κ3) is 4.06. The predicted molar refractivity (Wildman–Crippen MR) is 215 cm³/mol. The van der Waals surface area contributed by atoms with Gasteiger partial charge in [-0.3, -0.25) is 0 Å². The molecule has 10 rings (SSSR count). The molecular weight excluding hydrogens is 623 g/mol. The van der Waals surface area contributed by atoms with Gasteiger partial charge in [-0.05, 0) is 92.0 Å². The maximum absolute atomic E-state index is 2.48. The van der Waals surface area contributed by atoms with E-state index < -0.39 is 0 Å². The Hall–Kier alpha value is -5.44. The summed E-state index contributed by atoms with van der Waals surface area (Å²) in [4.78, 5) is 2.48. The fourth-order valence-electron chi connectivity index (χ4n) is 8.95. The highest BCUT2D eigenvalue weighted by molar-refractivity contribution is 7.26. The molecule has 0 saturated carbocycles. The van der Waals surface area contributed by atoms with Crippen molar-refractivity contribution < 1.29 is 0 Å². The molecule has 0 spiro atoms. The summed E-state index contributed by atoms with van der Waals surface area (Å²) in [6, 6.07) is 56.7. The van der Waals surface area contributed by atoms with E-state index in [2.05, 4.69) is 184 Å². The first-order valence-corrected chi connectivity index (χ1v) is 18.4. The van der Waals surface area contributed by atoms with Crippen molar-refractivity contribution in [2.24, 2.45) is 0 Å². The first kappa shape index (κ1) is 29.5. The van der Waals surface area contributed by atoms with Crippen LogP contribution < -0.4 is 4.90 Å². The van der Waals surface area contributed by atoms with Gasteiger partial charge in [0, 0.05) is 37.7 Å². The second-order valence-electron chi connectivity index (χ2n) is 14.9. The zero-order chi connectivity index (χ0) is 33.8. The lowest BCUT2D eigenvalue weighted by Gasteiger charge is -2.28. The Kier molecular flexibility index (Phi) is 6.21. The Morgan fingerprint density at radius 2 is 1.02 bits per heavy atom. The number of fused-ring (bicyclic) bond motifs is 9. The van der Waals surface area contributed by atoms with Crippen LogP contribution >= 0.6 is 11.3 Å². The van der Waals surface area contributed by atoms with Gasteiger partial charge in [0.1, 0.15) is 0 Å². The summed E-state index contributed by atoms with van der Waals surface area (Å²) in [6.07, 6.45) is 0. The quantitative estimate of drug-likeness (QED) is 0.182. The average molecular weight is 660 g/mol. The van der Waals surface area contributed by atoms with Crippen LogP contribution in [0.2, 0.25) is 0 Å². The maximum atomic E-state index is 2.48. The molecule has 7 aromatic carbocycles. The summed E-state index contributed by atoms with van der Waals surface area (Å²) in [7, 11) is 0. The highest BCUT2D eigenvalue weighted by atomic mass is 32.1. The van der Waals surface area contributed by atoms with Gasteiger partial charge in [-0.2, -0.15) is 0 Å². The molecule has 0 atom stereocenters. The van der Waals surface area contributed by atoms with Gasteiger partial charge in [0.05, 0.1) is 10.4 Å². The SMILES string of the molecule is CC1(C)c2ccccc2-c2ccc(N(c3ccc(-c4cccc5c4-c4ccccc4C5(C)C)cc3)c3cccc4c3sc3ccccc34)cc21. The van der Waals surface area contributed by atoms with Crippen LogP contribution in [0.25, 0.3) is 53.6 Å². The van der Waals surface area contributed by atoms with Crippen molar-refractivity contribution in [3.8, 4) is 33.4 Å². The van der Waals surface area contributed by atoms with Crippen molar-refractivity contribution in [2.75, 3.05) is 4.90 Å². The number of hydrogen-bond acceptors (Lipinski definition) is 2. The molecule has 0 saturated heterocycles. The van der Waals surface area contributed by atoms with E-state index in [9.17, 15) is 0 Å². The number of hydrogen-bond donors (Lipinski definition) is 0. The summed E-state index contributed by atoms with van der Waals surface area (Å²) in [5.74, 6) is 0. The topological polar surface area (TPSA) is 3.24 Å². The predicted octanol–water partition coefficient (Wildman–Crippen LogP) is 13.8. The van der Waals surface area contributed by atoms with E-state index in [4.69, 9.17) is 0 Å². The molecule has 2 aliphatic carbocycles. The smallest absolute Gasteiger partial charge is 0.0640 e. The number of rotatable bonds is 4. The first-order chi connectivity index (χ1) is 24.3. The largest absolute Gasteiger partial charge is 0.309 e. The van der Waals surface area contributed by atoms with E-state index in [1.807, 2.05) is 11.3 Å². The number of benzene rings is 7. The molecule has 1 nitrogen and oxygen atoms in total. The molecule has 0 fully saturated rings. The minimum atomic E-state index is -0.0845. The molecule has 50 heavy (non-hydrogen) atoms. The number of thiophene rings is 1. The van der Waals surface area contributed by atoms with Gasteiger partial charge in [0.25, 0.3) is 0 Å². The highest BCUT2D eigenvalue weighted by Crippen LogP contribution is 2.54. The molecule has 0 radical (unpaired) electrons. The van der Waals surface area contributed by atoms with Gasteiger partial charge in [-0.1, -0.05) is 143 Å². The lowest BCUT2D eigenvalue weighted by atomic mass is 9.82. The zero-order valence-electron chi connectivity index (χ0n) is 28.8. The Labute approximate surface area is 298 Å². The van der Waals surface area contributed by atoms with E-state index >= 15 is 0 Å². The van der Waals surface area contributed by atoms with E-state index in [1.165, 1.54) is 87.2 Å². The normalized spacial score (nSPS) is 14.7. The molecule has 2 aliphatic rings. The van der Waals surface area contributed by atoms with Crippen LogP contribution in [0.5, 0.6) is 0 Å². The Morgan fingerprint density at radius 1 is 0.440 bits per heavy atom. The van der Waals surface area contributed by atoms with E-state index in [-0.39, 0.29) is 10.8 Å². The molecule has 0 bridgehead atoms. The Balaban J connectivity index is 1.16. The highest BCUT2D eigenvalue weighted by Gasteiger charge is 2.37. The van der Waals surface area contributed by atoms with Crippen LogP contribution in [0.4, 0.5) is 17.1 Å². The summed E-state index contributed by atoms with van der Waals surface area (Å²) in [5, 5.41) is 2.62. The van der Waals surface area contributed by atoms with Crippen molar-refractivity contribution in [3.63, 3.8) is 0 Å². The molecule has 0 amide bonds. The molecule has 0 aliphatic heterocycles. The zero-order valence-corrected chi connectivity index (χ0v) is 29.6. The molecule has 1 heterocycles. The summed E-state index contributed by atoms with van der Waals surface area (Å²) < 4.78 is 2.62. The van der Waals surface area contributed by atoms with Crippen molar-refractivity contribution in [3.05, 3.63) is 174 Å². The standard InChI is InChI=1S/C48H37NS/c1-47(2)40-19-9-6-15-38(40)45-33(16-11-20-41(45)47)30-23-25-31(26-24-30)49(43-21-12-17-37-36-14-7-10-22-44(36)50-46(37)43)32-27-28-35-34-13-5-8-18-39(34)48(3,4)42(35)29-32/h5-29H,1-4H3. The fraction of sp³-hybridized carbons (Fsp3) is 0.125. The lowest BCUT2D eigenvalue weighted by Crippen LogP contribution is -2.16. The van der Waals surface area contributed by atoms with Gasteiger partial charge in [-0.15, -0.1) is 11.3 Å². The van der Waals surface area contributed by atoms with Crippen LogP contribution in [0.15, 0.2) is 152 Å². The molecule has 1 aromatic heterocycles. The van der Waals surface area contributed by atoms with Crippen LogP contribution in [-0.2, 0) is 10.8 Å². The van der Waals surface area contributed by atoms with Crippen LogP contribution in [0, 0.1) is 0 Å². The van der Waals surface area contributed by atoms with Gasteiger partial charge in [0.15, 0.2) is 0 Å². The van der Waals surface area contributed by atoms with Gasteiger partial charge in [-0.25, -0.2) is 0 Å². The molecule has 0 unspecified atom stereocenters. The average Bonchev–Trinajstić information content (AvgIpc) is 3.73. The second kappa shape index (κ2) is 10.5. The van der Waals surface area contributed by atoms with E-state index in [1.54, 1.807) is 0 Å². The summed E-state index contributed by atoms with van der Waals surface area (Å²) in [5.41, 5.74) is 17.0. The van der Waals surface area contributed by atoms with Crippen molar-refractivity contribution in [2.45, 2.75) is 38.5 Å². The summed E-state index contributed by atoms with van der Waals surface area (Å²) >= 11 is 1.89. The molecule has 2 heteroatoms. The third-order valence-corrected chi connectivity index (χ3v) is 12.7. The Morgan fingerprint density at radius 3 is 1.84 bits per heavy atom. The summed E-state index contributed by atoms with van der Waals surface area (Å²) in [6.45, 7) is 9.44. The molecule has 8 aromatic rings. The molecule has 0 N–H and O–H groups in total. The number of anilines is 3. The second-order valence-corrected chi connectivity index (χ2v) is 16.0. The molecule has 240 valence electrons. The van der Waals surface area contributed by atoms with Crippen molar-refractivity contribution in [1.29, 1.82) is 0 Å². The minimum absolute atomic E-state index is 0.0252. The van der Waals surface area contributed by atoms with Gasteiger partial charge in [0.2, 0.25) is 0 Å². The fourth-order valence-corrected chi connectivity index (χ4v) is 10.2. The van der Waals surface area contributed by atoms with E-state index in [0.29, 0.717) is 0 Å². The first-order valence-electron chi connectivity index (χ1n) is 17.6. The van der Waals surface area contributed by atoms with Crippen LogP contribution in [0.1, 0.15) is 49.9 Å². The Bertz CT molecular complexity index is 2650. The third-order valence-electron chi connectivity index (χ3n) is 11.5. The number of nitrogens with zero attached hydrogens (tertiary/aromatic N) is 1. The van der Waals surface area contributed by atoms with Gasteiger partial charge < -0.3 is 4.90 Å². The molecular formula is C48H37NS. The van der Waals surface area contributed by atoms with Crippen LogP contribution in [-0.4, -0.2) is 0 Å². The van der Waals surface area contributed by atoms with Gasteiger partial charge >= 0.3 is 0 Å². The maximum Gasteiger partial charge on any atom is 0.0640 e. The van der Waals surface area contributed by atoms with Crippen LogP contribution in [0.3, 0.4) is 0 Å². The lowest BCUT2D eigenvalue weighted by molar-refractivity contribution is 0.660.